The van der Waals surface area contributed by atoms with Crippen molar-refractivity contribution in [2.45, 2.75) is 20.4 Å². The molecule has 2 rings (SSSR count). The molecule has 1 aromatic heterocycles. The van der Waals surface area contributed by atoms with E-state index in [4.69, 9.17) is 4.74 Å². The lowest BCUT2D eigenvalue weighted by molar-refractivity contribution is -0.123. The monoisotopic (exact) mass is 259 g/mol. The zero-order valence-corrected chi connectivity index (χ0v) is 11.1. The van der Waals surface area contributed by atoms with Gasteiger partial charge < -0.3 is 15.0 Å². The van der Waals surface area contributed by atoms with E-state index >= 15 is 0 Å². The number of ether oxygens (including phenoxy) is 1. The third-order valence-electron chi connectivity index (χ3n) is 2.88. The topological polar surface area (TPSA) is 67.0 Å². The fourth-order valence-electron chi connectivity index (χ4n) is 1.58. The molecule has 1 aromatic carbocycles. The van der Waals surface area contributed by atoms with E-state index in [-0.39, 0.29) is 12.5 Å². The number of amides is 1. The Bertz CT molecular complexity index is 550. The summed E-state index contributed by atoms with van der Waals surface area (Å²) in [4.78, 5) is 18.4. The highest BCUT2D eigenvalue weighted by molar-refractivity contribution is 5.77. The van der Waals surface area contributed by atoms with Crippen LogP contribution in [0.2, 0.25) is 0 Å². The number of aromatic amines is 1. The normalized spacial score (nSPS) is 10.2. The molecule has 0 atom stereocenters. The molecule has 0 saturated carbocycles. The zero-order valence-electron chi connectivity index (χ0n) is 11.1. The maximum Gasteiger partial charge on any atom is 0.258 e. The maximum atomic E-state index is 11.6. The van der Waals surface area contributed by atoms with Crippen molar-refractivity contribution in [2.24, 2.45) is 0 Å². The van der Waals surface area contributed by atoms with Gasteiger partial charge in [0.15, 0.2) is 6.61 Å². The van der Waals surface area contributed by atoms with Crippen molar-refractivity contribution >= 4 is 5.91 Å². The molecule has 1 heterocycles. The van der Waals surface area contributed by atoms with Crippen LogP contribution in [0.5, 0.6) is 5.75 Å². The van der Waals surface area contributed by atoms with Crippen molar-refractivity contribution in [3.63, 3.8) is 0 Å². The van der Waals surface area contributed by atoms with Gasteiger partial charge in [-0.15, -0.1) is 0 Å². The Morgan fingerprint density at radius 2 is 2.21 bits per heavy atom. The molecule has 0 spiro atoms. The van der Waals surface area contributed by atoms with E-state index in [0.717, 1.165) is 11.3 Å². The largest absolute Gasteiger partial charge is 0.484 e. The first-order chi connectivity index (χ1) is 9.15. The molecule has 1 amide bonds. The van der Waals surface area contributed by atoms with Crippen LogP contribution in [0.1, 0.15) is 16.8 Å². The van der Waals surface area contributed by atoms with Gasteiger partial charge in [0.2, 0.25) is 0 Å². The van der Waals surface area contributed by atoms with Crippen molar-refractivity contribution in [2.75, 3.05) is 6.61 Å². The number of benzene rings is 1. The number of imidazole rings is 1. The van der Waals surface area contributed by atoms with E-state index in [2.05, 4.69) is 15.3 Å². The summed E-state index contributed by atoms with van der Waals surface area (Å²) in [6, 6.07) is 5.77. The van der Waals surface area contributed by atoms with Crippen LogP contribution in [0.25, 0.3) is 0 Å². The highest BCUT2D eigenvalue weighted by Gasteiger charge is 2.04. The minimum atomic E-state index is -0.159. The number of H-pyrrole nitrogens is 1. The summed E-state index contributed by atoms with van der Waals surface area (Å²) in [7, 11) is 0. The molecule has 2 N–H and O–H groups in total. The Labute approximate surface area is 112 Å². The summed E-state index contributed by atoms with van der Waals surface area (Å²) in [5.74, 6) is 0.549. The van der Waals surface area contributed by atoms with E-state index in [1.807, 2.05) is 32.0 Å². The van der Waals surface area contributed by atoms with E-state index in [9.17, 15) is 4.79 Å². The molecule has 5 heteroatoms. The summed E-state index contributed by atoms with van der Waals surface area (Å²) in [5, 5.41) is 2.75. The van der Waals surface area contributed by atoms with Crippen LogP contribution in [0.15, 0.2) is 30.7 Å². The van der Waals surface area contributed by atoms with Gasteiger partial charge in [0.1, 0.15) is 5.75 Å². The van der Waals surface area contributed by atoms with Crippen LogP contribution in [-0.2, 0) is 11.3 Å². The number of carbonyl (C=O) groups excluding carboxylic acids is 1. The number of rotatable bonds is 5. The quantitative estimate of drug-likeness (QED) is 0.859. The second-order valence-electron chi connectivity index (χ2n) is 4.39. The molecule has 0 radical (unpaired) electrons. The summed E-state index contributed by atoms with van der Waals surface area (Å²) >= 11 is 0. The summed E-state index contributed by atoms with van der Waals surface area (Å²) < 4.78 is 5.44. The molecule has 5 nitrogen and oxygen atoms in total. The fraction of sp³-hybridized carbons (Fsp3) is 0.286. The lowest BCUT2D eigenvalue weighted by Crippen LogP contribution is -2.28. The molecule has 19 heavy (non-hydrogen) atoms. The molecule has 0 unspecified atom stereocenters. The van der Waals surface area contributed by atoms with Crippen molar-refractivity contribution < 1.29 is 9.53 Å². The van der Waals surface area contributed by atoms with E-state index in [1.165, 1.54) is 5.56 Å². The van der Waals surface area contributed by atoms with Crippen molar-refractivity contribution in [1.82, 2.24) is 15.3 Å². The van der Waals surface area contributed by atoms with Crippen LogP contribution in [0.4, 0.5) is 0 Å². The Morgan fingerprint density at radius 1 is 1.37 bits per heavy atom. The van der Waals surface area contributed by atoms with Gasteiger partial charge >= 0.3 is 0 Å². The van der Waals surface area contributed by atoms with Crippen LogP contribution >= 0.6 is 0 Å². The first kappa shape index (κ1) is 13.1. The standard InChI is InChI=1S/C14H17N3O2/c1-10-3-4-13(5-11(10)2)19-8-14(18)16-7-12-6-15-9-17-12/h3-6,9H,7-8H2,1-2H3,(H,15,17)(H,16,18). The number of hydrogen-bond donors (Lipinski definition) is 2. The van der Waals surface area contributed by atoms with Crippen LogP contribution in [-0.4, -0.2) is 22.5 Å². The average molecular weight is 259 g/mol. The molecule has 0 saturated heterocycles. The van der Waals surface area contributed by atoms with Gasteiger partial charge in [0.25, 0.3) is 5.91 Å². The third-order valence-corrected chi connectivity index (χ3v) is 2.88. The molecule has 0 bridgehead atoms. The Morgan fingerprint density at radius 3 is 2.89 bits per heavy atom. The molecule has 0 fully saturated rings. The number of aryl methyl sites for hydroxylation is 2. The lowest BCUT2D eigenvalue weighted by atomic mass is 10.1. The second kappa shape index (κ2) is 6.04. The average Bonchev–Trinajstić information content (AvgIpc) is 2.91. The van der Waals surface area contributed by atoms with Crippen LogP contribution < -0.4 is 10.1 Å². The lowest BCUT2D eigenvalue weighted by Gasteiger charge is -2.08. The first-order valence-electron chi connectivity index (χ1n) is 6.09. The summed E-state index contributed by atoms with van der Waals surface area (Å²) in [6.07, 6.45) is 3.25. The molecule has 2 aromatic rings. The van der Waals surface area contributed by atoms with Gasteiger partial charge in [-0.2, -0.15) is 0 Å². The minimum absolute atomic E-state index is 0.0106. The fourth-order valence-corrected chi connectivity index (χ4v) is 1.58. The van der Waals surface area contributed by atoms with E-state index in [1.54, 1.807) is 12.5 Å². The van der Waals surface area contributed by atoms with Crippen LogP contribution in [0, 0.1) is 13.8 Å². The summed E-state index contributed by atoms with van der Waals surface area (Å²) in [5.41, 5.74) is 3.21. The highest BCUT2D eigenvalue weighted by atomic mass is 16.5. The SMILES string of the molecule is Cc1ccc(OCC(=O)NCc2cnc[nH]2)cc1C. The first-order valence-corrected chi connectivity index (χ1v) is 6.09. The second-order valence-corrected chi connectivity index (χ2v) is 4.39. The number of carbonyl (C=O) groups is 1. The molecular weight excluding hydrogens is 242 g/mol. The number of nitrogens with one attached hydrogen (secondary N) is 2. The van der Waals surface area contributed by atoms with E-state index < -0.39 is 0 Å². The van der Waals surface area contributed by atoms with Gasteiger partial charge in [-0.05, 0) is 37.1 Å². The maximum absolute atomic E-state index is 11.6. The Hall–Kier alpha value is -2.30. The van der Waals surface area contributed by atoms with Gasteiger partial charge in [-0.1, -0.05) is 6.07 Å². The Balaban J connectivity index is 1.78. The number of hydrogen-bond acceptors (Lipinski definition) is 3. The highest BCUT2D eigenvalue weighted by Crippen LogP contribution is 2.16. The van der Waals surface area contributed by atoms with Gasteiger partial charge in [0.05, 0.1) is 18.6 Å². The molecule has 0 aliphatic heterocycles. The van der Waals surface area contributed by atoms with Gasteiger partial charge in [-0.3, -0.25) is 4.79 Å². The van der Waals surface area contributed by atoms with Crippen molar-refractivity contribution in [1.29, 1.82) is 0 Å². The predicted molar refractivity (Wildman–Crippen MR) is 71.8 cm³/mol. The Kier molecular flexibility index (Phi) is 4.18. The van der Waals surface area contributed by atoms with Crippen LogP contribution in [0.3, 0.4) is 0 Å². The van der Waals surface area contributed by atoms with Crippen molar-refractivity contribution in [3.8, 4) is 5.75 Å². The molecule has 100 valence electrons. The molecule has 0 aliphatic carbocycles. The molecule has 0 aliphatic rings. The van der Waals surface area contributed by atoms with Crippen molar-refractivity contribution in [3.05, 3.63) is 47.5 Å². The van der Waals surface area contributed by atoms with E-state index in [0.29, 0.717) is 12.3 Å². The summed E-state index contributed by atoms with van der Waals surface area (Å²) in [6.45, 7) is 4.49. The van der Waals surface area contributed by atoms with Gasteiger partial charge in [0, 0.05) is 6.20 Å². The third kappa shape index (κ3) is 3.84. The molecular formula is C14H17N3O2. The number of aromatic nitrogens is 2. The smallest absolute Gasteiger partial charge is 0.258 e. The number of nitrogens with zero attached hydrogens (tertiary/aromatic N) is 1. The van der Waals surface area contributed by atoms with Gasteiger partial charge in [-0.25, -0.2) is 4.98 Å². The predicted octanol–water partition coefficient (Wildman–Crippen LogP) is 1.72. The zero-order chi connectivity index (χ0) is 13.7. The minimum Gasteiger partial charge on any atom is -0.484 e.